The van der Waals surface area contributed by atoms with Crippen LogP contribution >= 0.6 is 0 Å². The molecule has 16 heavy (non-hydrogen) atoms. The van der Waals surface area contributed by atoms with Crippen molar-refractivity contribution in [1.29, 1.82) is 0 Å². The average molecular weight is 228 g/mol. The Morgan fingerprint density at radius 1 is 1.25 bits per heavy atom. The van der Waals surface area contributed by atoms with Gasteiger partial charge in [0.1, 0.15) is 0 Å². The fourth-order valence-corrected chi connectivity index (χ4v) is 2.40. The highest BCUT2D eigenvalue weighted by Gasteiger charge is 2.17. The zero-order chi connectivity index (χ0) is 12.0. The molecular formula is C13H28N2O. The minimum Gasteiger partial charge on any atom is -0.377 e. The summed E-state index contributed by atoms with van der Waals surface area (Å²) in [5, 5.41) is 3.62. The minimum atomic E-state index is 0.364. The highest BCUT2D eigenvalue weighted by molar-refractivity contribution is 4.75. The first-order valence-corrected chi connectivity index (χ1v) is 6.71. The van der Waals surface area contributed by atoms with Crippen molar-refractivity contribution in [1.82, 2.24) is 10.2 Å². The Morgan fingerprint density at radius 2 is 1.81 bits per heavy atom. The van der Waals surface area contributed by atoms with Gasteiger partial charge in [-0.3, -0.25) is 0 Å². The Bertz CT molecular complexity index is 175. The SMILES string of the molecule is CCOC(C)CN1CCC(C)NC(C)CC1. The van der Waals surface area contributed by atoms with E-state index in [0.29, 0.717) is 18.2 Å². The van der Waals surface area contributed by atoms with E-state index >= 15 is 0 Å². The fourth-order valence-electron chi connectivity index (χ4n) is 2.40. The lowest BCUT2D eigenvalue weighted by atomic mass is 10.1. The Morgan fingerprint density at radius 3 is 2.31 bits per heavy atom. The van der Waals surface area contributed by atoms with Gasteiger partial charge >= 0.3 is 0 Å². The van der Waals surface area contributed by atoms with Crippen molar-refractivity contribution >= 4 is 0 Å². The summed E-state index contributed by atoms with van der Waals surface area (Å²) in [6.45, 7) is 13.1. The molecule has 0 aromatic rings. The Labute approximate surface area is 101 Å². The van der Waals surface area contributed by atoms with Crippen LogP contribution in [0.25, 0.3) is 0 Å². The molecule has 3 heteroatoms. The summed E-state index contributed by atoms with van der Waals surface area (Å²) >= 11 is 0. The topological polar surface area (TPSA) is 24.5 Å². The second-order valence-corrected chi connectivity index (χ2v) is 5.11. The van der Waals surface area contributed by atoms with Gasteiger partial charge in [0.25, 0.3) is 0 Å². The van der Waals surface area contributed by atoms with Crippen molar-refractivity contribution in [3.8, 4) is 0 Å². The normalized spacial score (nSPS) is 30.8. The molecule has 0 aromatic heterocycles. The second-order valence-electron chi connectivity index (χ2n) is 5.11. The molecule has 0 aromatic carbocycles. The maximum Gasteiger partial charge on any atom is 0.0673 e. The van der Waals surface area contributed by atoms with Crippen LogP contribution in [0.5, 0.6) is 0 Å². The molecular weight excluding hydrogens is 200 g/mol. The smallest absolute Gasteiger partial charge is 0.0673 e. The van der Waals surface area contributed by atoms with E-state index in [1.165, 1.54) is 25.9 Å². The summed E-state index contributed by atoms with van der Waals surface area (Å²) in [4.78, 5) is 2.55. The van der Waals surface area contributed by atoms with Gasteiger partial charge in [0.15, 0.2) is 0 Å². The van der Waals surface area contributed by atoms with Gasteiger partial charge in [-0.1, -0.05) is 0 Å². The van der Waals surface area contributed by atoms with E-state index in [1.807, 2.05) is 0 Å². The van der Waals surface area contributed by atoms with E-state index < -0.39 is 0 Å². The van der Waals surface area contributed by atoms with Crippen LogP contribution in [0.3, 0.4) is 0 Å². The maximum absolute atomic E-state index is 5.61. The maximum atomic E-state index is 5.61. The lowest BCUT2D eigenvalue weighted by Gasteiger charge is -2.32. The largest absolute Gasteiger partial charge is 0.377 e. The van der Waals surface area contributed by atoms with E-state index in [1.54, 1.807) is 0 Å². The first-order valence-electron chi connectivity index (χ1n) is 6.71. The Balaban J connectivity index is 2.34. The number of hydrogen-bond donors (Lipinski definition) is 1. The molecule has 0 saturated carbocycles. The third kappa shape index (κ3) is 5.28. The van der Waals surface area contributed by atoms with Crippen LogP contribution in [0.2, 0.25) is 0 Å². The van der Waals surface area contributed by atoms with Crippen LogP contribution in [0.1, 0.15) is 40.5 Å². The standard InChI is InChI=1S/C13H28N2O/c1-5-16-13(4)10-15-8-6-11(2)14-12(3)7-9-15/h11-14H,5-10H2,1-4H3. The number of hydrogen-bond acceptors (Lipinski definition) is 3. The first kappa shape index (κ1) is 13.9. The molecule has 0 radical (unpaired) electrons. The molecule has 1 rings (SSSR count). The van der Waals surface area contributed by atoms with Gasteiger partial charge in [0, 0.05) is 25.2 Å². The lowest BCUT2D eigenvalue weighted by molar-refractivity contribution is 0.0418. The van der Waals surface area contributed by atoms with E-state index in [-0.39, 0.29) is 0 Å². The van der Waals surface area contributed by atoms with Crippen molar-refractivity contribution in [2.45, 2.75) is 58.7 Å². The van der Waals surface area contributed by atoms with Crippen molar-refractivity contribution in [3.63, 3.8) is 0 Å². The third-order valence-corrected chi connectivity index (χ3v) is 3.29. The van der Waals surface area contributed by atoms with Gasteiger partial charge in [-0.15, -0.1) is 0 Å². The fraction of sp³-hybridized carbons (Fsp3) is 1.00. The molecule has 0 amide bonds. The van der Waals surface area contributed by atoms with Crippen molar-refractivity contribution < 1.29 is 4.74 Å². The molecule has 1 aliphatic heterocycles. The molecule has 0 aliphatic carbocycles. The molecule has 3 unspecified atom stereocenters. The molecule has 96 valence electrons. The molecule has 3 nitrogen and oxygen atoms in total. The van der Waals surface area contributed by atoms with Gasteiger partial charge in [-0.05, 0) is 53.6 Å². The lowest BCUT2D eigenvalue weighted by Crippen LogP contribution is -2.44. The highest BCUT2D eigenvalue weighted by atomic mass is 16.5. The second kappa shape index (κ2) is 7.25. The molecule has 1 N–H and O–H groups in total. The van der Waals surface area contributed by atoms with Crippen molar-refractivity contribution in [3.05, 3.63) is 0 Å². The Kier molecular flexibility index (Phi) is 6.32. The van der Waals surface area contributed by atoms with Gasteiger partial charge in [0.05, 0.1) is 6.10 Å². The third-order valence-electron chi connectivity index (χ3n) is 3.29. The summed E-state index contributed by atoms with van der Waals surface area (Å²) in [6, 6.07) is 1.28. The minimum absolute atomic E-state index is 0.364. The van der Waals surface area contributed by atoms with E-state index in [2.05, 4.69) is 37.9 Å². The first-order chi connectivity index (χ1) is 7.61. The molecule has 0 spiro atoms. The van der Waals surface area contributed by atoms with Crippen LogP contribution < -0.4 is 5.32 Å². The van der Waals surface area contributed by atoms with Gasteiger partial charge in [0.2, 0.25) is 0 Å². The van der Waals surface area contributed by atoms with Crippen LogP contribution in [0.15, 0.2) is 0 Å². The summed E-state index contributed by atoms with van der Waals surface area (Å²) in [5.41, 5.74) is 0. The van der Waals surface area contributed by atoms with E-state index in [4.69, 9.17) is 4.74 Å². The van der Waals surface area contributed by atoms with E-state index in [9.17, 15) is 0 Å². The molecule has 1 fully saturated rings. The zero-order valence-electron chi connectivity index (χ0n) is 11.3. The predicted octanol–water partition coefficient (Wildman–Crippen LogP) is 1.87. The molecule has 3 atom stereocenters. The van der Waals surface area contributed by atoms with Gasteiger partial charge < -0.3 is 15.0 Å². The summed E-state index contributed by atoms with van der Waals surface area (Å²) < 4.78 is 5.61. The number of ether oxygens (including phenoxy) is 1. The number of rotatable bonds is 4. The average Bonchev–Trinajstić information content (AvgIpc) is 2.20. The van der Waals surface area contributed by atoms with Gasteiger partial charge in [-0.2, -0.15) is 0 Å². The van der Waals surface area contributed by atoms with Crippen molar-refractivity contribution in [2.75, 3.05) is 26.2 Å². The Hall–Kier alpha value is -0.120. The quantitative estimate of drug-likeness (QED) is 0.795. The number of nitrogens with one attached hydrogen (secondary N) is 1. The molecule has 1 aliphatic rings. The molecule has 0 bridgehead atoms. The van der Waals surface area contributed by atoms with Crippen LogP contribution in [0, 0.1) is 0 Å². The summed E-state index contributed by atoms with van der Waals surface area (Å²) in [6.07, 6.45) is 2.84. The molecule has 1 saturated heterocycles. The van der Waals surface area contributed by atoms with Crippen molar-refractivity contribution in [2.24, 2.45) is 0 Å². The molecule has 1 heterocycles. The van der Waals surface area contributed by atoms with E-state index in [0.717, 1.165) is 13.2 Å². The van der Waals surface area contributed by atoms with Crippen LogP contribution in [0.4, 0.5) is 0 Å². The monoisotopic (exact) mass is 228 g/mol. The highest BCUT2D eigenvalue weighted by Crippen LogP contribution is 2.07. The van der Waals surface area contributed by atoms with Crippen LogP contribution in [-0.4, -0.2) is 49.3 Å². The van der Waals surface area contributed by atoms with Crippen LogP contribution in [-0.2, 0) is 4.74 Å². The zero-order valence-corrected chi connectivity index (χ0v) is 11.3. The summed E-state index contributed by atoms with van der Waals surface area (Å²) in [5.74, 6) is 0. The number of nitrogens with zero attached hydrogens (tertiary/aromatic N) is 1. The summed E-state index contributed by atoms with van der Waals surface area (Å²) in [7, 11) is 0. The van der Waals surface area contributed by atoms with Gasteiger partial charge in [-0.25, -0.2) is 0 Å². The predicted molar refractivity (Wildman–Crippen MR) is 68.8 cm³/mol.